The Morgan fingerprint density at radius 3 is 2.44 bits per heavy atom. The molecule has 11 heteroatoms. The second kappa shape index (κ2) is 12.0. The van der Waals surface area contributed by atoms with E-state index in [4.69, 9.17) is 0 Å². The van der Waals surface area contributed by atoms with Gasteiger partial charge in [0.15, 0.2) is 0 Å². The molecule has 174 valence electrons. The Labute approximate surface area is 250 Å². The molecule has 0 atom stereocenters. The second-order valence-electron chi connectivity index (χ2n) is 7.89. The Morgan fingerprint density at radius 2 is 1.76 bits per heavy atom. The number of sulfonamides is 1. The van der Waals surface area contributed by atoms with Gasteiger partial charge in [-0.3, -0.25) is 4.98 Å². The van der Waals surface area contributed by atoms with Crippen molar-refractivity contribution in [1.29, 1.82) is 0 Å². The maximum absolute atomic E-state index is 12.1. The third-order valence-corrected chi connectivity index (χ3v) is 7.10. The Kier molecular flexibility index (Phi) is 9.61. The van der Waals surface area contributed by atoms with Crippen LogP contribution in [0.25, 0.3) is 0 Å². The molecular formula is C23H28N7O2RbS. The van der Waals surface area contributed by atoms with Gasteiger partial charge in [-0.25, -0.2) is 18.1 Å². The molecule has 1 aromatic heterocycles. The van der Waals surface area contributed by atoms with E-state index in [1.807, 2.05) is 18.2 Å². The molecule has 1 saturated heterocycles. The average Bonchev–Trinajstić information content (AvgIpc) is 2.85. The van der Waals surface area contributed by atoms with Crippen molar-refractivity contribution >= 4 is 38.9 Å². The fourth-order valence-corrected chi connectivity index (χ4v) is 4.36. The Balaban J connectivity index is 0.00000324. The van der Waals surface area contributed by atoms with E-state index in [1.54, 1.807) is 36.3 Å². The number of benzene rings is 2. The first-order valence-corrected chi connectivity index (χ1v) is 12.2. The number of aromatic nitrogens is 2. The number of nitrogens with zero attached hydrogens (tertiary/aromatic N) is 5. The van der Waals surface area contributed by atoms with E-state index in [2.05, 4.69) is 55.1 Å². The summed E-state index contributed by atoms with van der Waals surface area (Å²) >= 11 is 0. The molecule has 4 rings (SSSR count). The van der Waals surface area contributed by atoms with Crippen LogP contribution in [0.2, 0.25) is 0 Å². The zero-order chi connectivity index (χ0) is 23.4. The maximum atomic E-state index is 12.1. The summed E-state index contributed by atoms with van der Waals surface area (Å²) in [5.74, 6) is 0.947. The topological polar surface area (TPSA) is 93.7 Å². The van der Waals surface area contributed by atoms with Crippen molar-refractivity contribution in [2.45, 2.75) is 4.90 Å². The Hall–Kier alpha value is -1.40. The first-order chi connectivity index (χ1) is 15.9. The number of nitrogens with one attached hydrogen (secondary N) is 2. The van der Waals surface area contributed by atoms with Crippen LogP contribution >= 0.6 is 0 Å². The van der Waals surface area contributed by atoms with Gasteiger partial charge in [-0.1, -0.05) is 6.07 Å². The molecule has 2 N–H and O–H groups in total. The molecule has 0 unspecified atom stereocenters. The number of likely N-dealkylation sites (N-methyl/N-ethyl adjacent to an activating group) is 1. The smallest absolute Gasteiger partial charge is 0.408 e. The predicted molar refractivity (Wildman–Crippen MR) is 131 cm³/mol. The third kappa shape index (κ3) is 6.63. The normalized spacial score (nSPS) is 14.4. The van der Waals surface area contributed by atoms with Crippen molar-refractivity contribution in [2.24, 2.45) is 0 Å². The van der Waals surface area contributed by atoms with Gasteiger partial charge in [0.1, 0.15) is 0 Å². The van der Waals surface area contributed by atoms with Gasteiger partial charge in [0.2, 0.25) is 16.0 Å². The zero-order valence-electron chi connectivity index (χ0n) is 20.0. The third-order valence-electron chi connectivity index (χ3n) is 5.69. The molecule has 0 saturated carbocycles. The standard InChI is InChI=1S/C23H28N7O2S.Rb/c1-24-33(31,32)21-6-4-5-20(17-21)29(3)22-11-12-25-23(27-22)26-18-7-9-19(10-8-18)30-15-13-28(2)14-16-30;/h4-10,12,17,24H,13-16H2,1-3H3,(H,25,26,27);/q-1;+1. The Bertz CT molecular complexity index is 1200. The van der Waals surface area contributed by atoms with Gasteiger partial charge in [-0.15, -0.1) is 6.20 Å². The van der Waals surface area contributed by atoms with Gasteiger partial charge >= 0.3 is 58.2 Å². The van der Waals surface area contributed by atoms with Gasteiger partial charge in [-0.05, 0) is 62.4 Å². The van der Waals surface area contributed by atoms with Crippen molar-refractivity contribution in [2.75, 3.05) is 62.4 Å². The number of piperazine rings is 1. The van der Waals surface area contributed by atoms with Crippen LogP contribution in [0.15, 0.2) is 59.6 Å². The fourth-order valence-electron chi connectivity index (χ4n) is 3.59. The SMILES string of the molecule is CNS(=O)(=O)c1cccc(N(C)c2[c-]cnc(Nc3ccc(N4CCN(C)CC4)cc3)n2)c1.[Rb+]. The van der Waals surface area contributed by atoms with E-state index < -0.39 is 10.0 Å². The fraction of sp³-hybridized carbons (Fsp3) is 0.304. The molecule has 1 aliphatic heterocycles. The van der Waals surface area contributed by atoms with Crippen LogP contribution in [0.5, 0.6) is 0 Å². The molecule has 2 heterocycles. The van der Waals surface area contributed by atoms with Crippen LogP contribution in [0, 0.1) is 6.07 Å². The minimum absolute atomic E-state index is 0. The maximum Gasteiger partial charge on any atom is 1.00 e. The van der Waals surface area contributed by atoms with E-state index in [-0.39, 0.29) is 63.1 Å². The molecule has 2 aromatic carbocycles. The van der Waals surface area contributed by atoms with Crippen molar-refractivity contribution in [3.63, 3.8) is 0 Å². The van der Waals surface area contributed by atoms with Crippen LogP contribution in [0.3, 0.4) is 0 Å². The van der Waals surface area contributed by atoms with E-state index in [1.165, 1.54) is 12.7 Å². The summed E-state index contributed by atoms with van der Waals surface area (Å²) in [6.45, 7) is 4.17. The minimum atomic E-state index is -3.54. The number of rotatable bonds is 7. The molecule has 0 radical (unpaired) electrons. The molecule has 0 bridgehead atoms. The van der Waals surface area contributed by atoms with Gasteiger partial charge < -0.3 is 26.1 Å². The minimum Gasteiger partial charge on any atom is -0.408 e. The molecule has 0 aliphatic carbocycles. The van der Waals surface area contributed by atoms with Crippen molar-refractivity contribution in [1.82, 2.24) is 19.6 Å². The number of anilines is 5. The van der Waals surface area contributed by atoms with Gasteiger partial charge in [0.05, 0.1) is 4.90 Å². The van der Waals surface area contributed by atoms with Crippen molar-refractivity contribution in [3.05, 3.63) is 60.8 Å². The summed E-state index contributed by atoms with van der Waals surface area (Å²) in [6.07, 6.45) is 1.55. The largest absolute Gasteiger partial charge is 1.00 e. The van der Waals surface area contributed by atoms with Crippen molar-refractivity contribution < 1.29 is 66.6 Å². The van der Waals surface area contributed by atoms with E-state index in [9.17, 15) is 8.42 Å². The van der Waals surface area contributed by atoms with Crippen LogP contribution in [-0.4, -0.2) is 70.6 Å². The van der Waals surface area contributed by atoms with Crippen molar-refractivity contribution in [3.8, 4) is 0 Å². The molecule has 34 heavy (non-hydrogen) atoms. The molecule has 1 aliphatic rings. The molecule has 1 fully saturated rings. The van der Waals surface area contributed by atoms with E-state index in [0.717, 1.165) is 31.9 Å². The van der Waals surface area contributed by atoms with Gasteiger partial charge in [-0.2, -0.15) is 0 Å². The summed E-state index contributed by atoms with van der Waals surface area (Å²) in [7, 11) is 1.80. The molecule has 0 amide bonds. The first-order valence-electron chi connectivity index (χ1n) is 10.7. The van der Waals surface area contributed by atoms with Crippen LogP contribution in [-0.2, 0) is 10.0 Å². The van der Waals surface area contributed by atoms with E-state index in [0.29, 0.717) is 17.5 Å². The van der Waals surface area contributed by atoms with E-state index >= 15 is 0 Å². The molecule has 9 nitrogen and oxygen atoms in total. The summed E-state index contributed by atoms with van der Waals surface area (Å²) in [5.41, 5.74) is 2.76. The zero-order valence-corrected chi connectivity index (χ0v) is 25.7. The predicted octanol–water partition coefficient (Wildman–Crippen LogP) is -0.548. The summed E-state index contributed by atoms with van der Waals surface area (Å²) in [5, 5.41) is 3.23. The average molecular weight is 552 g/mol. The Morgan fingerprint density at radius 1 is 1.06 bits per heavy atom. The van der Waals surface area contributed by atoms with Crippen LogP contribution < -0.4 is 78.0 Å². The molecule has 0 spiro atoms. The van der Waals surface area contributed by atoms with Gasteiger partial charge in [0, 0.05) is 50.3 Å². The second-order valence-corrected chi connectivity index (χ2v) is 9.77. The monoisotopic (exact) mass is 551 g/mol. The molecule has 3 aromatic rings. The van der Waals surface area contributed by atoms with Crippen LogP contribution in [0.1, 0.15) is 0 Å². The summed E-state index contributed by atoms with van der Waals surface area (Å²) < 4.78 is 26.6. The van der Waals surface area contributed by atoms with Gasteiger partial charge in [0.25, 0.3) is 0 Å². The summed E-state index contributed by atoms with van der Waals surface area (Å²) in [6, 6.07) is 17.9. The quantitative estimate of drug-likeness (QED) is 0.378. The summed E-state index contributed by atoms with van der Waals surface area (Å²) in [4.78, 5) is 15.5. The first kappa shape index (κ1) is 27.2. The number of hydrogen-bond acceptors (Lipinski definition) is 8. The molecular weight excluding hydrogens is 524 g/mol. The van der Waals surface area contributed by atoms with Crippen LogP contribution in [0.4, 0.5) is 28.8 Å². The number of hydrogen-bond donors (Lipinski definition) is 2.